The van der Waals surface area contributed by atoms with E-state index in [1.807, 2.05) is 30.3 Å². The summed E-state index contributed by atoms with van der Waals surface area (Å²) in [4.78, 5) is 12.2. The lowest BCUT2D eigenvalue weighted by molar-refractivity contribution is 0.0946. The van der Waals surface area contributed by atoms with Gasteiger partial charge in [-0.2, -0.15) is 5.10 Å². The number of rotatable bonds is 5. The Bertz CT molecular complexity index is 948. The van der Waals surface area contributed by atoms with Crippen molar-refractivity contribution in [3.63, 3.8) is 0 Å². The van der Waals surface area contributed by atoms with Crippen molar-refractivity contribution in [3.05, 3.63) is 65.9 Å². The highest BCUT2D eigenvalue weighted by molar-refractivity contribution is 6.01. The third-order valence-electron chi connectivity index (χ3n) is 3.72. The number of hydrogen-bond donors (Lipinski definition) is 2. The van der Waals surface area contributed by atoms with Gasteiger partial charge in [0.15, 0.2) is 23.0 Å². The number of phenolic OH excluding ortho intramolecular Hbond substituents is 1. The predicted octanol–water partition coefficient (Wildman–Crippen LogP) is 3.21. The van der Waals surface area contributed by atoms with Gasteiger partial charge in [-0.05, 0) is 25.1 Å². The Balaban J connectivity index is 1.71. The summed E-state index contributed by atoms with van der Waals surface area (Å²) in [6.45, 7) is 1.71. The molecule has 3 rings (SSSR count). The lowest BCUT2D eigenvalue weighted by atomic mass is 10.1. The molecule has 1 aromatic heterocycles. The molecule has 0 aliphatic carbocycles. The molecule has 26 heavy (non-hydrogen) atoms. The predicted molar refractivity (Wildman–Crippen MR) is 96.3 cm³/mol. The molecule has 0 saturated carbocycles. The molecule has 7 nitrogen and oxygen atoms in total. The Kier molecular flexibility index (Phi) is 4.98. The van der Waals surface area contributed by atoms with Crippen LogP contribution >= 0.6 is 0 Å². The van der Waals surface area contributed by atoms with Crippen molar-refractivity contribution in [3.8, 4) is 22.8 Å². The van der Waals surface area contributed by atoms with Gasteiger partial charge in [0.05, 0.1) is 12.8 Å². The molecule has 132 valence electrons. The second-order valence-electron chi connectivity index (χ2n) is 5.47. The number of hydrogen-bond acceptors (Lipinski definition) is 6. The minimum atomic E-state index is -0.493. The van der Waals surface area contributed by atoms with Gasteiger partial charge in [-0.25, -0.2) is 5.43 Å². The first kappa shape index (κ1) is 17.2. The van der Waals surface area contributed by atoms with E-state index in [4.69, 9.17) is 9.26 Å². The smallest absolute Gasteiger partial charge is 0.293 e. The third-order valence-corrected chi connectivity index (χ3v) is 3.72. The van der Waals surface area contributed by atoms with Crippen molar-refractivity contribution >= 4 is 11.6 Å². The number of ether oxygens (including phenoxy) is 1. The first-order valence-corrected chi connectivity index (χ1v) is 7.82. The molecule has 7 heteroatoms. The Morgan fingerprint density at radius 3 is 2.65 bits per heavy atom. The summed E-state index contributed by atoms with van der Waals surface area (Å²) in [6.07, 6.45) is 0. The highest BCUT2D eigenvalue weighted by Crippen LogP contribution is 2.26. The number of carbonyl (C=O) groups is 1. The molecule has 0 aliphatic heterocycles. The number of amides is 1. The van der Waals surface area contributed by atoms with Crippen LogP contribution in [0.3, 0.4) is 0 Å². The molecule has 0 bridgehead atoms. The van der Waals surface area contributed by atoms with Gasteiger partial charge >= 0.3 is 0 Å². The monoisotopic (exact) mass is 351 g/mol. The van der Waals surface area contributed by atoms with Gasteiger partial charge in [-0.1, -0.05) is 35.5 Å². The van der Waals surface area contributed by atoms with E-state index in [2.05, 4.69) is 15.7 Å². The zero-order valence-corrected chi connectivity index (χ0v) is 14.3. The summed E-state index contributed by atoms with van der Waals surface area (Å²) in [6, 6.07) is 15.8. The van der Waals surface area contributed by atoms with Crippen LogP contribution in [0.1, 0.15) is 23.0 Å². The van der Waals surface area contributed by atoms with Crippen LogP contribution in [-0.4, -0.2) is 29.0 Å². The summed E-state index contributed by atoms with van der Waals surface area (Å²) < 4.78 is 10.2. The number of nitrogens with one attached hydrogen (secondary N) is 1. The molecule has 0 aliphatic rings. The zero-order valence-electron chi connectivity index (χ0n) is 14.3. The number of phenols is 1. The topological polar surface area (TPSA) is 97.0 Å². The number of benzene rings is 2. The molecule has 3 aromatic rings. The van der Waals surface area contributed by atoms with Gasteiger partial charge in [-0.15, -0.1) is 0 Å². The standard InChI is InChI=1S/C19H17N3O4/c1-12(14-8-9-17(25-2)16(23)10-14)20-21-19(24)15-11-18(26-22-15)13-6-4-3-5-7-13/h3-11,23H,1-2H3,(H,21,24). The van der Waals surface area contributed by atoms with Crippen molar-refractivity contribution in [1.29, 1.82) is 0 Å². The maximum Gasteiger partial charge on any atom is 0.293 e. The van der Waals surface area contributed by atoms with Crippen LogP contribution in [0, 0.1) is 0 Å². The SMILES string of the molecule is COc1ccc(C(C)=NNC(=O)c2cc(-c3ccccc3)on2)cc1O. The summed E-state index contributed by atoms with van der Waals surface area (Å²) in [5.74, 6) is 0.362. The Morgan fingerprint density at radius 2 is 1.96 bits per heavy atom. The molecule has 0 atom stereocenters. The van der Waals surface area contributed by atoms with Crippen LogP contribution in [0.2, 0.25) is 0 Å². The number of nitrogens with zero attached hydrogens (tertiary/aromatic N) is 2. The normalized spacial score (nSPS) is 11.2. The number of methoxy groups -OCH3 is 1. The van der Waals surface area contributed by atoms with Crippen LogP contribution in [0.4, 0.5) is 0 Å². The number of aromatic nitrogens is 1. The molecule has 0 saturated heterocycles. The van der Waals surface area contributed by atoms with Crippen LogP contribution in [0.25, 0.3) is 11.3 Å². The molecule has 0 radical (unpaired) electrons. The van der Waals surface area contributed by atoms with E-state index in [0.717, 1.165) is 5.56 Å². The highest BCUT2D eigenvalue weighted by atomic mass is 16.5. The zero-order chi connectivity index (χ0) is 18.5. The third kappa shape index (κ3) is 3.72. The minimum absolute atomic E-state index is 0.00474. The summed E-state index contributed by atoms with van der Waals surface area (Å²) in [5.41, 5.74) is 4.54. The van der Waals surface area contributed by atoms with E-state index in [9.17, 15) is 9.90 Å². The van der Waals surface area contributed by atoms with E-state index in [0.29, 0.717) is 22.8 Å². The largest absolute Gasteiger partial charge is 0.504 e. The Morgan fingerprint density at radius 1 is 1.19 bits per heavy atom. The average molecular weight is 351 g/mol. The molecule has 1 heterocycles. The van der Waals surface area contributed by atoms with Gasteiger partial charge in [0, 0.05) is 17.2 Å². The molecular weight excluding hydrogens is 334 g/mol. The minimum Gasteiger partial charge on any atom is -0.504 e. The van der Waals surface area contributed by atoms with Gasteiger partial charge < -0.3 is 14.4 Å². The van der Waals surface area contributed by atoms with E-state index in [-0.39, 0.29) is 11.4 Å². The van der Waals surface area contributed by atoms with Gasteiger partial charge in [0.25, 0.3) is 5.91 Å². The lowest BCUT2D eigenvalue weighted by Crippen LogP contribution is -2.19. The quantitative estimate of drug-likeness (QED) is 0.543. The molecule has 0 fully saturated rings. The van der Waals surface area contributed by atoms with Crippen molar-refractivity contribution in [2.24, 2.45) is 5.10 Å². The molecule has 0 unspecified atom stereocenters. The fourth-order valence-electron chi connectivity index (χ4n) is 2.29. The Labute approximate surface area is 149 Å². The summed E-state index contributed by atoms with van der Waals surface area (Å²) >= 11 is 0. The van der Waals surface area contributed by atoms with E-state index in [1.54, 1.807) is 25.1 Å². The van der Waals surface area contributed by atoms with Gasteiger partial charge in [-0.3, -0.25) is 4.79 Å². The van der Waals surface area contributed by atoms with Crippen molar-refractivity contribution in [2.45, 2.75) is 6.92 Å². The molecule has 0 spiro atoms. The van der Waals surface area contributed by atoms with Crippen LogP contribution in [0.15, 0.2) is 64.2 Å². The fraction of sp³-hybridized carbons (Fsp3) is 0.105. The molecule has 1 amide bonds. The van der Waals surface area contributed by atoms with E-state index in [1.165, 1.54) is 13.2 Å². The first-order chi connectivity index (χ1) is 12.6. The van der Waals surface area contributed by atoms with Crippen LogP contribution < -0.4 is 10.2 Å². The van der Waals surface area contributed by atoms with Crippen molar-refractivity contribution in [1.82, 2.24) is 10.6 Å². The highest BCUT2D eigenvalue weighted by Gasteiger charge is 2.13. The first-order valence-electron chi connectivity index (χ1n) is 7.82. The summed E-state index contributed by atoms with van der Waals surface area (Å²) in [5, 5.41) is 17.6. The van der Waals surface area contributed by atoms with Gasteiger partial charge in [0.2, 0.25) is 0 Å². The van der Waals surface area contributed by atoms with E-state index < -0.39 is 5.91 Å². The second-order valence-corrected chi connectivity index (χ2v) is 5.47. The maximum atomic E-state index is 12.2. The molecular formula is C19H17N3O4. The number of carbonyl (C=O) groups excluding carboxylic acids is 1. The summed E-state index contributed by atoms with van der Waals surface area (Å²) in [7, 11) is 1.47. The van der Waals surface area contributed by atoms with E-state index >= 15 is 0 Å². The fourth-order valence-corrected chi connectivity index (χ4v) is 2.29. The molecule has 2 N–H and O–H groups in total. The second kappa shape index (κ2) is 7.52. The van der Waals surface area contributed by atoms with Crippen molar-refractivity contribution < 1.29 is 19.2 Å². The van der Waals surface area contributed by atoms with Crippen LogP contribution in [-0.2, 0) is 0 Å². The average Bonchev–Trinajstić information content (AvgIpc) is 3.17. The van der Waals surface area contributed by atoms with Gasteiger partial charge in [0.1, 0.15) is 0 Å². The number of hydrazone groups is 1. The van der Waals surface area contributed by atoms with Crippen LogP contribution in [0.5, 0.6) is 11.5 Å². The Hall–Kier alpha value is -3.61. The maximum absolute atomic E-state index is 12.2. The molecule has 2 aromatic carbocycles. The number of aromatic hydroxyl groups is 1. The lowest BCUT2D eigenvalue weighted by Gasteiger charge is -2.06. The van der Waals surface area contributed by atoms with Crippen molar-refractivity contribution in [2.75, 3.05) is 7.11 Å².